The van der Waals surface area contributed by atoms with E-state index in [2.05, 4.69) is 16.2 Å². The van der Waals surface area contributed by atoms with Crippen LogP contribution in [0.1, 0.15) is 29.8 Å². The highest BCUT2D eigenvalue weighted by Crippen LogP contribution is 2.12. The summed E-state index contributed by atoms with van der Waals surface area (Å²) in [6.45, 7) is 3.55. The van der Waals surface area contributed by atoms with Gasteiger partial charge in [0.1, 0.15) is 17.6 Å². The maximum absolute atomic E-state index is 12.9. The normalized spacial score (nSPS) is 11.5. The van der Waals surface area contributed by atoms with Crippen LogP contribution in [0.25, 0.3) is 0 Å². The molecule has 7 nitrogen and oxygen atoms in total. The predicted molar refractivity (Wildman–Crippen MR) is 105 cm³/mol. The second kappa shape index (κ2) is 10.2. The number of carbonyl (C=O) groups is 3. The third-order valence-corrected chi connectivity index (χ3v) is 4.19. The molecule has 3 amide bonds. The molecule has 0 radical (unpaired) electrons. The second-order valence-electron chi connectivity index (χ2n) is 6.76. The Labute approximate surface area is 168 Å². The zero-order valence-corrected chi connectivity index (χ0v) is 16.5. The number of carbonyl (C=O) groups excluding carboxylic acids is 3. The van der Waals surface area contributed by atoms with Crippen molar-refractivity contribution in [3.63, 3.8) is 0 Å². The van der Waals surface area contributed by atoms with Gasteiger partial charge in [0.25, 0.3) is 11.8 Å². The smallest absolute Gasteiger partial charge is 0.261 e. The van der Waals surface area contributed by atoms with Gasteiger partial charge in [0.2, 0.25) is 5.91 Å². The molecule has 0 spiro atoms. The number of amides is 3. The van der Waals surface area contributed by atoms with Crippen LogP contribution in [0.2, 0.25) is 0 Å². The zero-order valence-electron chi connectivity index (χ0n) is 16.5. The van der Waals surface area contributed by atoms with Crippen molar-refractivity contribution >= 4 is 17.7 Å². The van der Waals surface area contributed by atoms with Crippen LogP contribution < -0.4 is 20.9 Å². The van der Waals surface area contributed by atoms with E-state index < -0.39 is 29.6 Å². The molecule has 0 saturated carbocycles. The van der Waals surface area contributed by atoms with Crippen LogP contribution in [-0.2, 0) is 16.0 Å². The van der Waals surface area contributed by atoms with Gasteiger partial charge in [0.15, 0.2) is 0 Å². The van der Waals surface area contributed by atoms with Crippen LogP contribution in [0.3, 0.4) is 0 Å². The molecule has 8 heteroatoms. The molecule has 0 aliphatic rings. The third kappa shape index (κ3) is 6.60. The Morgan fingerprint density at radius 1 is 0.966 bits per heavy atom. The van der Waals surface area contributed by atoms with Crippen LogP contribution in [-0.4, -0.2) is 30.9 Å². The van der Waals surface area contributed by atoms with Gasteiger partial charge in [-0.25, -0.2) is 4.39 Å². The van der Waals surface area contributed by atoms with Crippen LogP contribution in [0.15, 0.2) is 48.5 Å². The molecule has 29 heavy (non-hydrogen) atoms. The van der Waals surface area contributed by atoms with Gasteiger partial charge in [-0.05, 0) is 47.9 Å². The van der Waals surface area contributed by atoms with Crippen molar-refractivity contribution in [2.45, 2.75) is 26.3 Å². The SMILES string of the molecule is COc1ccc(C(=O)N[C@H](C(=O)NNC(=O)Cc2ccc(F)cc2)C(C)C)cc1. The molecule has 0 aliphatic carbocycles. The highest BCUT2D eigenvalue weighted by Gasteiger charge is 2.25. The maximum atomic E-state index is 12.9. The lowest BCUT2D eigenvalue weighted by Gasteiger charge is -2.22. The van der Waals surface area contributed by atoms with E-state index in [1.165, 1.54) is 31.4 Å². The lowest BCUT2D eigenvalue weighted by atomic mass is 10.0. The molecule has 1 atom stereocenters. The Hall–Kier alpha value is -3.42. The lowest BCUT2D eigenvalue weighted by Crippen LogP contribution is -2.54. The molecule has 2 aromatic rings. The van der Waals surface area contributed by atoms with E-state index in [0.29, 0.717) is 16.9 Å². The summed E-state index contributed by atoms with van der Waals surface area (Å²) < 4.78 is 18.0. The number of ether oxygens (including phenoxy) is 1. The summed E-state index contributed by atoms with van der Waals surface area (Å²) in [5.41, 5.74) is 5.61. The Morgan fingerprint density at radius 3 is 2.14 bits per heavy atom. The van der Waals surface area contributed by atoms with Crippen molar-refractivity contribution in [2.24, 2.45) is 5.92 Å². The zero-order chi connectivity index (χ0) is 21.4. The first-order chi connectivity index (χ1) is 13.8. The van der Waals surface area contributed by atoms with Gasteiger partial charge in [-0.15, -0.1) is 0 Å². The van der Waals surface area contributed by atoms with Crippen molar-refractivity contribution in [3.8, 4) is 5.75 Å². The van der Waals surface area contributed by atoms with Gasteiger partial charge in [-0.2, -0.15) is 0 Å². The third-order valence-electron chi connectivity index (χ3n) is 4.19. The summed E-state index contributed by atoms with van der Waals surface area (Å²) in [5, 5.41) is 2.66. The van der Waals surface area contributed by atoms with Crippen molar-refractivity contribution in [1.82, 2.24) is 16.2 Å². The minimum Gasteiger partial charge on any atom is -0.497 e. The van der Waals surface area contributed by atoms with Gasteiger partial charge >= 0.3 is 0 Å². The number of rotatable bonds is 7. The Kier molecular flexibility index (Phi) is 7.70. The molecule has 2 rings (SSSR count). The Balaban J connectivity index is 1.91. The summed E-state index contributed by atoms with van der Waals surface area (Å²) in [6.07, 6.45) is -0.0227. The number of nitrogens with one attached hydrogen (secondary N) is 3. The fourth-order valence-electron chi connectivity index (χ4n) is 2.54. The molecular formula is C21H24FN3O4. The van der Waals surface area contributed by atoms with Crippen LogP contribution >= 0.6 is 0 Å². The Morgan fingerprint density at radius 2 is 1.59 bits per heavy atom. The number of halogens is 1. The molecule has 154 valence electrons. The van der Waals surface area contributed by atoms with Crippen LogP contribution in [0, 0.1) is 11.7 Å². The molecule has 0 fully saturated rings. The fraction of sp³-hybridized carbons (Fsp3) is 0.286. The van der Waals surface area contributed by atoms with Crippen molar-refractivity contribution in [3.05, 3.63) is 65.5 Å². The standard InChI is InChI=1S/C21H24FN3O4/c1-13(2)19(23-20(27)15-6-10-17(29-3)11-7-15)21(28)25-24-18(26)12-14-4-8-16(22)9-5-14/h4-11,13,19H,12H2,1-3H3,(H,23,27)(H,24,26)(H,25,28)/t19-/m0/s1. The lowest BCUT2D eigenvalue weighted by molar-refractivity contribution is -0.130. The first-order valence-electron chi connectivity index (χ1n) is 9.08. The monoisotopic (exact) mass is 401 g/mol. The summed E-state index contributed by atoms with van der Waals surface area (Å²) in [5.74, 6) is -1.42. The molecular weight excluding hydrogens is 377 g/mol. The van der Waals surface area contributed by atoms with Crippen molar-refractivity contribution in [2.75, 3.05) is 7.11 Å². The topological polar surface area (TPSA) is 96.5 Å². The van der Waals surface area contributed by atoms with Gasteiger partial charge < -0.3 is 10.1 Å². The minimum absolute atomic E-state index is 0.0227. The highest BCUT2D eigenvalue weighted by molar-refractivity contribution is 5.98. The number of hydrogen-bond donors (Lipinski definition) is 3. The van der Waals surface area contributed by atoms with Crippen LogP contribution in [0.5, 0.6) is 5.75 Å². The summed E-state index contributed by atoms with van der Waals surface area (Å²) in [7, 11) is 1.53. The van der Waals surface area contributed by atoms with Gasteiger partial charge in [-0.1, -0.05) is 26.0 Å². The van der Waals surface area contributed by atoms with E-state index in [4.69, 9.17) is 4.74 Å². The minimum atomic E-state index is -0.851. The van der Waals surface area contributed by atoms with E-state index in [1.807, 2.05) is 0 Å². The highest BCUT2D eigenvalue weighted by atomic mass is 19.1. The molecule has 0 heterocycles. The number of methoxy groups -OCH3 is 1. The van der Waals surface area contributed by atoms with E-state index >= 15 is 0 Å². The van der Waals surface area contributed by atoms with Gasteiger partial charge in [0.05, 0.1) is 13.5 Å². The van der Waals surface area contributed by atoms with Crippen LogP contribution in [0.4, 0.5) is 4.39 Å². The largest absolute Gasteiger partial charge is 0.497 e. The molecule has 0 bridgehead atoms. The predicted octanol–water partition coefficient (Wildman–Crippen LogP) is 1.98. The van der Waals surface area contributed by atoms with E-state index in [0.717, 1.165) is 0 Å². The van der Waals surface area contributed by atoms with E-state index in [9.17, 15) is 18.8 Å². The first kappa shape index (κ1) is 21.9. The quantitative estimate of drug-likeness (QED) is 0.618. The molecule has 0 saturated heterocycles. The number of hydrogen-bond acceptors (Lipinski definition) is 4. The second-order valence-corrected chi connectivity index (χ2v) is 6.76. The summed E-state index contributed by atoms with van der Waals surface area (Å²) >= 11 is 0. The van der Waals surface area contributed by atoms with Crippen molar-refractivity contribution < 1.29 is 23.5 Å². The molecule has 0 aliphatic heterocycles. The van der Waals surface area contributed by atoms with E-state index in [1.54, 1.807) is 38.1 Å². The summed E-state index contributed by atoms with van der Waals surface area (Å²) in [6, 6.07) is 11.1. The van der Waals surface area contributed by atoms with Gasteiger partial charge in [-0.3, -0.25) is 25.2 Å². The number of benzene rings is 2. The molecule has 0 unspecified atom stereocenters. The maximum Gasteiger partial charge on any atom is 0.261 e. The van der Waals surface area contributed by atoms with Crippen molar-refractivity contribution in [1.29, 1.82) is 0 Å². The molecule has 3 N–H and O–H groups in total. The first-order valence-corrected chi connectivity index (χ1v) is 9.08. The van der Waals surface area contributed by atoms with E-state index in [-0.39, 0.29) is 12.3 Å². The fourth-order valence-corrected chi connectivity index (χ4v) is 2.54. The average molecular weight is 401 g/mol. The summed E-state index contributed by atoms with van der Waals surface area (Å²) in [4.78, 5) is 36.8. The molecule has 2 aromatic carbocycles. The number of hydrazine groups is 1. The van der Waals surface area contributed by atoms with Gasteiger partial charge in [0, 0.05) is 5.56 Å². The average Bonchev–Trinajstić information content (AvgIpc) is 2.71. The molecule has 0 aromatic heterocycles. The Bertz CT molecular complexity index is 851.